The molecule has 0 saturated carbocycles. The van der Waals surface area contributed by atoms with Crippen molar-refractivity contribution >= 4 is 23.2 Å². The monoisotopic (exact) mass is 407 g/mol. The van der Waals surface area contributed by atoms with Gasteiger partial charge >= 0.3 is 0 Å². The second-order valence-electron chi connectivity index (χ2n) is 6.35. The van der Waals surface area contributed by atoms with Gasteiger partial charge in [-0.2, -0.15) is 0 Å². The first-order valence-corrected chi connectivity index (χ1v) is 8.83. The number of amides is 2. The summed E-state index contributed by atoms with van der Waals surface area (Å²) in [5.74, 6) is -0.726. The van der Waals surface area contributed by atoms with Crippen molar-refractivity contribution < 1.29 is 14.5 Å². The van der Waals surface area contributed by atoms with Crippen molar-refractivity contribution in [2.45, 2.75) is 6.92 Å². The summed E-state index contributed by atoms with van der Waals surface area (Å²) in [6.45, 7) is 1.37. The minimum atomic E-state index is -0.607. The van der Waals surface area contributed by atoms with Crippen molar-refractivity contribution in [2.75, 3.05) is 11.9 Å². The van der Waals surface area contributed by atoms with Gasteiger partial charge in [-0.05, 0) is 25.1 Å². The molecule has 0 aliphatic heterocycles. The van der Waals surface area contributed by atoms with Gasteiger partial charge in [-0.15, -0.1) is 0 Å². The molecular weight excluding hydrogens is 390 g/mol. The Bertz CT molecular complexity index is 1190. The summed E-state index contributed by atoms with van der Waals surface area (Å²) in [6, 6.07) is 13.3. The number of anilines is 1. The van der Waals surface area contributed by atoms with Gasteiger partial charge in [-0.1, -0.05) is 18.2 Å². The fraction of sp³-hybridized carbons (Fsp3) is 0.100. The molecule has 3 aromatic rings. The molecule has 10 nitrogen and oxygen atoms in total. The Hall–Kier alpha value is -4.34. The van der Waals surface area contributed by atoms with Crippen LogP contribution in [0.1, 0.15) is 16.1 Å². The van der Waals surface area contributed by atoms with Crippen LogP contribution in [0, 0.1) is 17.0 Å². The van der Waals surface area contributed by atoms with E-state index in [9.17, 15) is 24.5 Å². The van der Waals surface area contributed by atoms with E-state index >= 15 is 0 Å². The van der Waals surface area contributed by atoms with Crippen molar-refractivity contribution in [1.29, 1.82) is 0 Å². The van der Waals surface area contributed by atoms with Crippen LogP contribution in [0.5, 0.6) is 0 Å². The van der Waals surface area contributed by atoms with E-state index in [4.69, 9.17) is 0 Å². The fourth-order valence-corrected chi connectivity index (χ4v) is 2.69. The Balaban J connectivity index is 1.64. The van der Waals surface area contributed by atoms with E-state index < -0.39 is 16.7 Å². The molecule has 2 aromatic carbocycles. The molecule has 0 aliphatic rings. The second kappa shape index (κ2) is 8.78. The third kappa shape index (κ3) is 5.13. The van der Waals surface area contributed by atoms with Crippen molar-refractivity contribution in [3.05, 3.63) is 86.3 Å². The Kier molecular flexibility index (Phi) is 5.97. The molecule has 0 saturated heterocycles. The summed E-state index contributed by atoms with van der Waals surface area (Å²) in [7, 11) is 0. The number of carbonyl (C=O) groups is 2. The summed E-state index contributed by atoms with van der Waals surface area (Å²) >= 11 is 0. The van der Waals surface area contributed by atoms with Gasteiger partial charge in [-0.3, -0.25) is 24.5 Å². The number of hydrogen-bond acceptors (Lipinski definition) is 6. The van der Waals surface area contributed by atoms with E-state index in [1.165, 1.54) is 24.3 Å². The molecule has 2 amide bonds. The number of aryl methyl sites for hydroxylation is 1. The number of benzene rings is 2. The molecule has 3 N–H and O–H groups in total. The highest BCUT2D eigenvalue weighted by atomic mass is 16.6. The number of nitro benzene ring substituents is 1. The Morgan fingerprint density at radius 2 is 1.90 bits per heavy atom. The number of hydrogen-bond donors (Lipinski definition) is 3. The first-order chi connectivity index (χ1) is 14.3. The molecule has 0 unspecified atom stereocenters. The van der Waals surface area contributed by atoms with Crippen LogP contribution in [-0.4, -0.2) is 33.3 Å². The van der Waals surface area contributed by atoms with E-state index in [2.05, 4.69) is 20.6 Å². The van der Waals surface area contributed by atoms with Crippen LogP contribution < -0.4 is 16.2 Å². The Labute approximate surface area is 170 Å². The Morgan fingerprint density at radius 1 is 1.13 bits per heavy atom. The number of nitro groups is 1. The number of aromatic nitrogens is 2. The lowest BCUT2D eigenvalue weighted by molar-refractivity contribution is -0.384. The first-order valence-electron chi connectivity index (χ1n) is 8.83. The maximum absolute atomic E-state index is 12.2. The molecule has 152 valence electrons. The number of aromatic amines is 1. The number of non-ortho nitro benzene ring substituents is 1. The highest BCUT2D eigenvalue weighted by molar-refractivity contribution is 5.99. The smallest absolute Gasteiger partial charge is 0.270 e. The van der Waals surface area contributed by atoms with E-state index in [-0.39, 0.29) is 23.4 Å². The SMILES string of the molecule is Cc1cc(=O)[nH]c(-c2cccc(NC(=O)CNC(=O)c3cccc([N+](=O)[O-])c3)c2)n1. The molecule has 10 heteroatoms. The third-order valence-electron chi connectivity index (χ3n) is 4.02. The number of nitrogens with one attached hydrogen (secondary N) is 3. The molecule has 0 atom stereocenters. The predicted octanol–water partition coefficient (Wildman–Crippen LogP) is 2.02. The maximum atomic E-state index is 12.2. The van der Waals surface area contributed by atoms with E-state index in [1.54, 1.807) is 31.2 Å². The standard InChI is InChI=1S/C20H17N5O5/c1-12-8-17(26)24-19(22-12)13-4-2-6-15(9-13)23-18(27)11-21-20(28)14-5-3-7-16(10-14)25(29)30/h2-10H,11H2,1H3,(H,21,28)(H,23,27)(H,22,24,26). The molecule has 0 aliphatic carbocycles. The molecule has 1 aromatic heterocycles. The largest absolute Gasteiger partial charge is 0.343 e. The van der Waals surface area contributed by atoms with Gasteiger partial charge in [-0.25, -0.2) is 4.98 Å². The second-order valence-corrected chi connectivity index (χ2v) is 6.35. The molecule has 0 bridgehead atoms. The van der Waals surface area contributed by atoms with Crippen LogP contribution in [0.2, 0.25) is 0 Å². The minimum absolute atomic E-state index is 0.0773. The topological polar surface area (TPSA) is 147 Å². The van der Waals surface area contributed by atoms with Crippen molar-refractivity contribution in [3.63, 3.8) is 0 Å². The van der Waals surface area contributed by atoms with Crippen LogP contribution in [0.4, 0.5) is 11.4 Å². The fourth-order valence-electron chi connectivity index (χ4n) is 2.69. The highest BCUT2D eigenvalue weighted by Gasteiger charge is 2.13. The number of H-pyrrole nitrogens is 1. The van der Waals surface area contributed by atoms with E-state index in [0.717, 1.165) is 6.07 Å². The normalized spacial score (nSPS) is 10.3. The molecule has 0 radical (unpaired) electrons. The quantitative estimate of drug-likeness (QED) is 0.421. The molecule has 3 rings (SSSR count). The van der Waals surface area contributed by atoms with Gasteiger partial charge in [0.05, 0.1) is 11.5 Å². The van der Waals surface area contributed by atoms with Crippen LogP contribution >= 0.6 is 0 Å². The lowest BCUT2D eigenvalue weighted by Gasteiger charge is -2.09. The first kappa shape index (κ1) is 20.4. The summed E-state index contributed by atoms with van der Waals surface area (Å²) in [4.78, 5) is 53.0. The van der Waals surface area contributed by atoms with Gasteiger partial charge in [0, 0.05) is 40.7 Å². The van der Waals surface area contributed by atoms with Crippen molar-refractivity contribution in [1.82, 2.24) is 15.3 Å². The number of carbonyl (C=O) groups excluding carboxylic acids is 2. The number of rotatable bonds is 6. The van der Waals surface area contributed by atoms with Gasteiger partial charge < -0.3 is 15.6 Å². The van der Waals surface area contributed by atoms with Crippen molar-refractivity contribution in [3.8, 4) is 11.4 Å². The van der Waals surface area contributed by atoms with Crippen LogP contribution in [0.25, 0.3) is 11.4 Å². The van der Waals surface area contributed by atoms with Crippen molar-refractivity contribution in [2.24, 2.45) is 0 Å². The van der Waals surface area contributed by atoms with Gasteiger partial charge in [0.15, 0.2) is 0 Å². The summed E-state index contributed by atoms with van der Waals surface area (Å²) < 4.78 is 0. The zero-order valence-electron chi connectivity index (χ0n) is 15.8. The lowest BCUT2D eigenvalue weighted by Crippen LogP contribution is -2.32. The van der Waals surface area contributed by atoms with Crippen LogP contribution in [0.15, 0.2) is 59.4 Å². The molecule has 0 fully saturated rings. The van der Waals surface area contributed by atoms with Crippen LogP contribution in [-0.2, 0) is 4.79 Å². The van der Waals surface area contributed by atoms with Gasteiger partial charge in [0.25, 0.3) is 17.2 Å². The number of nitrogens with zero attached hydrogens (tertiary/aromatic N) is 2. The average molecular weight is 407 g/mol. The molecule has 0 spiro atoms. The van der Waals surface area contributed by atoms with E-state index in [1.807, 2.05) is 0 Å². The summed E-state index contributed by atoms with van der Waals surface area (Å²) in [5, 5.41) is 15.8. The molecule has 1 heterocycles. The molecular formula is C20H17N5O5. The summed E-state index contributed by atoms with van der Waals surface area (Å²) in [6.07, 6.45) is 0. The minimum Gasteiger partial charge on any atom is -0.343 e. The highest BCUT2D eigenvalue weighted by Crippen LogP contribution is 2.18. The summed E-state index contributed by atoms with van der Waals surface area (Å²) in [5.41, 5.74) is 1.20. The zero-order chi connectivity index (χ0) is 21.7. The van der Waals surface area contributed by atoms with E-state index in [0.29, 0.717) is 22.8 Å². The Morgan fingerprint density at radius 3 is 2.63 bits per heavy atom. The molecule has 30 heavy (non-hydrogen) atoms. The third-order valence-corrected chi connectivity index (χ3v) is 4.02. The zero-order valence-corrected chi connectivity index (χ0v) is 15.8. The van der Waals surface area contributed by atoms with Crippen LogP contribution in [0.3, 0.4) is 0 Å². The predicted molar refractivity (Wildman–Crippen MR) is 109 cm³/mol. The average Bonchev–Trinajstić information content (AvgIpc) is 2.71. The lowest BCUT2D eigenvalue weighted by atomic mass is 10.2. The van der Waals surface area contributed by atoms with Gasteiger partial charge in [0.1, 0.15) is 5.82 Å². The maximum Gasteiger partial charge on any atom is 0.270 e. The van der Waals surface area contributed by atoms with Gasteiger partial charge in [0.2, 0.25) is 5.91 Å².